The molecule has 0 unspecified atom stereocenters. The molecule has 0 aromatic heterocycles. The fourth-order valence-electron chi connectivity index (χ4n) is 1.01. The van der Waals surface area contributed by atoms with Crippen LogP contribution in [0, 0.1) is 0 Å². The van der Waals surface area contributed by atoms with Crippen LogP contribution in [0.15, 0.2) is 25.0 Å². The SMILES string of the molecule is C=C(OC(=C)OC(=O)OCCCC)OC(=O)OCCCC. The predicted molar refractivity (Wildman–Crippen MR) is 74.0 cm³/mol. The lowest BCUT2D eigenvalue weighted by atomic mass is 10.4. The predicted octanol–water partition coefficient (Wildman–Crippen LogP) is 3.85. The van der Waals surface area contributed by atoms with Crippen molar-refractivity contribution in [1.29, 1.82) is 0 Å². The smallest absolute Gasteiger partial charge is 0.434 e. The summed E-state index contributed by atoms with van der Waals surface area (Å²) in [5, 5.41) is 0. The Labute approximate surface area is 124 Å². The highest BCUT2D eigenvalue weighted by atomic mass is 16.8. The molecule has 0 radical (unpaired) electrons. The van der Waals surface area contributed by atoms with Crippen molar-refractivity contribution in [2.24, 2.45) is 0 Å². The topological polar surface area (TPSA) is 80.3 Å². The third kappa shape index (κ3) is 11.4. The van der Waals surface area contributed by atoms with Crippen molar-refractivity contribution in [3.05, 3.63) is 25.0 Å². The van der Waals surface area contributed by atoms with Crippen LogP contribution >= 0.6 is 0 Å². The summed E-state index contributed by atoms with van der Waals surface area (Å²) >= 11 is 0. The summed E-state index contributed by atoms with van der Waals surface area (Å²) in [5.74, 6) is -0.828. The third-order valence-electron chi connectivity index (χ3n) is 2.06. The fraction of sp³-hybridized carbons (Fsp3) is 0.571. The van der Waals surface area contributed by atoms with Gasteiger partial charge in [0, 0.05) is 0 Å². The van der Waals surface area contributed by atoms with Gasteiger partial charge in [-0.05, 0) is 26.0 Å². The molecule has 0 rings (SSSR count). The van der Waals surface area contributed by atoms with Crippen LogP contribution in [0.4, 0.5) is 9.59 Å². The molecule has 21 heavy (non-hydrogen) atoms. The Balaban J connectivity index is 3.85. The van der Waals surface area contributed by atoms with Crippen LogP contribution in [0.2, 0.25) is 0 Å². The summed E-state index contributed by atoms with van der Waals surface area (Å²) in [6, 6.07) is 0. The minimum atomic E-state index is -0.952. The van der Waals surface area contributed by atoms with E-state index in [4.69, 9.17) is 14.2 Å². The van der Waals surface area contributed by atoms with E-state index < -0.39 is 24.2 Å². The number of ether oxygens (including phenoxy) is 5. The molecule has 0 atom stereocenters. The van der Waals surface area contributed by atoms with Crippen molar-refractivity contribution in [2.75, 3.05) is 13.2 Å². The molecule has 0 amide bonds. The van der Waals surface area contributed by atoms with Gasteiger partial charge in [0.05, 0.1) is 13.2 Å². The molecule has 0 aliphatic heterocycles. The lowest BCUT2D eigenvalue weighted by Crippen LogP contribution is -2.12. The van der Waals surface area contributed by atoms with Gasteiger partial charge >= 0.3 is 12.3 Å². The third-order valence-corrected chi connectivity index (χ3v) is 2.06. The Morgan fingerprint density at radius 1 is 0.762 bits per heavy atom. The van der Waals surface area contributed by atoms with Crippen LogP contribution in [0.5, 0.6) is 0 Å². The molecule has 0 aliphatic carbocycles. The minimum absolute atomic E-state index is 0.240. The Hall–Kier alpha value is -2.18. The fourth-order valence-corrected chi connectivity index (χ4v) is 1.01. The van der Waals surface area contributed by atoms with Crippen molar-refractivity contribution in [3.8, 4) is 0 Å². The van der Waals surface area contributed by atoms with E-state index in [0.29, 0.717) is 0 Å². The van der Waals surface area contributed by atoms with E-state index in [1.807, 2.05) is 13.8 Å². The lowest BCUT2D eigenvalue weighted by molar-refractivity contribution is -0.00599. The summed E-state index contributed by atoms with van der Waals surface area (Å²) in [7, 11) is 0. The Bertz CT molecular complexity index is 328. The van der Waals surface area contributed by atoms with Gasteiger partial charge in [-0.25, -0.2) is 9.59 Å². The average molecular weight is 302 g/mol. The maximum Gasteiger partial charge on any atom is 0.516 e. The van der Waals surface area contributed by atoms with Gasteiger partial charge in [-0.1, -0.05) is 26.7 Å². The zero-order valence-electron chi connectivity index (χ0n) is 12.5. The van der Waals surface area contributed by atoms with Crippen molar-refractivity contribution in [1.82, 2.24) is 0 Å². The summed E-state index contributed by atoms with van der Waals surface area (Å²) < 4.78 is 23.4. The van der Waals surface area contributed by atoms with E-state index in [-0.39, 0.29) is 13.2 Å². The number of rotatable bonds is 10. The van der Waals surface area contributed by atoms with E-state index in [9.17, 15) is 9.59 Å². The number of carbonyl (C=O) groups is 2. The van der Waals surface area contributed by atoms with E-state index in [2.05, 4.69) is 22.6 Å². The Morgan fingerprint density at radius 3 is 1.48 bits per heavy atom. The second-order valence-electron chi connectivity index (χ2n) is 3.95. The largest absolute Gasteiger partial charge is 0.516 e. The molecule has 0 spiro atoms. The molecule has 0 N–H and O–H groups in total. The molecule has 0 heterocycles. The number of unbranched alkanes of at least 4 members (excludes halogenated alkanes) is 2. The van der Waals surface area contributed by atoms with Gasteiger partial charge in [0.2, 0.25) is 0 Å². The van der Waals surface area contributed by atoms with Crippen molar-refractivity contribution >= 4 is 12.3 Å². The van der Waals surface area contributed by atoms with Gasteiger partial charge < -0.3 is 23.7 Å². The van der Waals surface area contributed by atoms with Crippen LogP contribution < -0.4 is 0 Å². The molecule has 0 aromatic carbocycles. The van der Waals surface area contributed by atoms with E-state index in [0.717, 1.165) is 25.7 Å². The lowest BCUT2D eigenvalue weighted by Gasteiger charge is -2.10. The van der Waals surface area contributed by atoms with Crippen molar-refractivity contribution in [3.63, 3.8) is 0 Å². The first-order valence-electron chi connectivity index (χ1n) is 6.74. The molecule has 0 saturated heterocycles. The first-order chi connectivity index (χ1) is 9.99. The zero-order chi connectivity index (χ0) is 16.1. The summed E-state index contributed by atoms with van der Waals surface area (Å²) in [5.41, 5.74) is 0. The average Bonchev–Trinajstić information content (AvgIpc) is 2.38. The van der Waals surface area contributed by atoms with Gasteiger partial charge in [0.15, 0.2) is 0 Å². The Morgan fingerprint density at radius 2 is 1.14 bits per heavy atom. The van der Waals surface area contributed by atoms with Gasteiger partial charge in [0.25, 0.3) is 11.9 Å². The van der Waals surface area contributed by atoms with Crippen LogP contribution in [-0.2, 0) is 23.7 Å². The quantitative estimate of drug-likeness (QED) is 0.344. The number of carbonyl (C=O) groups excluding carboxylic acids is 2. The molecule has 0 saturated carbocycles. The van der Waals surface area contributed by atoms with Crippen molar-refractivity contribution in [2.45, 2.75) is 39.5 Å². The maximum absolute atomic E-state index is 11.2. The minimum Gasteiger partial charge on any atom is -0.434 e. The molecular formula is C14H22O7. The number of hydrogen-bond acceptors (Lipinski definition) is 7. The molecule has 120 valence electrons. The number of hydrogen-bond donors (Lipinski definition) is 0. The summed E-state index contributed by atoms with van der Waals surface area (Å²) in [4.78, 5) is 22.3. The highest BCUT2D eigenvalue weighted by Gasteiger charge is 2.12. The highest BCUT2D eigenvalue weighted by molar-refractivity contribution is 5.61. The first kappa shape index (κ1) is 18.8. The van der Waals surface area contributed by atoms with E-state index in [1.54, 1.807) is 0 Å². The maximum atomic E-state index is 11.2. The van der Waals surface area contributed by atoms with Crippen LogP contribution in [0.1, 0.15) is 39.5 Å². The van der Waals surface area contributed by atoms with Crippen molar-refractivity contribution < 1.29 is 33.3 Å². The summed E-state index contributed by atoms with van der Waals surface area (Å²) in [6.45, 7) is 11.0. The first-order valence-corrected chi connectivity index (χ1v) is 6.74. The molecule has 7 nitrogen and oxygen atoms in total. The Kier molecular flexibility index (Phi) is 10.4. The van der Waals surface area contributed by atoms with Crippen LogP contribution in [0.3, 0.4) is 0 Å². The normalized spacial score (nSPS) is 9.43. The van der Waals surface area contributed by atoms with Gasteiger partial charge in [-0.2, -0.15) is 0 Å². The molecule has 0 aromatic rings. The monoisotopic (exact) mass is 302 g/mol. The van der Waals surface area contributed by atoms with E-state index in [1.165, 1.54) is 0 Å². The standard InChI is InChI=1S/C14H22O7/c1-5-7-9-17-13(15)20-11(3)19-12(4)21-14(16)18-10-8-6-2/h3-10H2,1-2H3. The van der Waals surface area contributed by atoms with E-state index >= 15 is 0 Å². The van der Waals surface area contributed by atoms with Gasteiger partial charge in [-0.3, -0.25) is 0 Å². The van der Waals surface area contributed by atoms with Gasteiger partial charge in [0.1, 0.15) is 0 Å². The highest BCUT2D eigenvalue weighted by Crippen LogP contribution is 2.08. The second kappa shape index (κ2) is 11.6. The zero-order valence-corrected chi connectivity index (χ0v) is 12.5. The molecule has 7 heteroatoms. The molecule has 0 bridgehead atoms. The molecule has 0 aliphatic rings. The van der Waals surface area contributed by atoms with Gasteiger partial charge in [-0.15, -0.1) is 0 Å². The molecular weight excluding hydrogens is 280 g/mol. The van der Waals surface area contributed by atoms with Crippen LogP contribution in [0.25, 0.3) is 0 Å². The summed E-state index contributed by atoms with van der Waals surface area (Å²) in [6.07, 6.45) is 1.31. The second-order valence-corrected chi connectivity index (χ2v) is 3.95. The molecule has 0 fully saturated rings. The van der Waals surface area contributed by atoms with Crippen LogP contribution in [-0.4, -0.2) is 25.5 Å².